The molecule has 0 bridgehead atoms. The van der Waals surface area contributed by atoms with E-state index in [4.69, 9.17) is 25.7 Å². The smallest absolute Gasteiger partial charge is 0.396 e. The topological polar surface area (TPSA) is 289 Å². The third kappa shape index (κ3) is 28.6. The van der Waals surface area contributed by atoms with Gasteiger partial charge in [-0.1, -0.05) is 11.8 Å². The van der Waals surface area contributed by atoms with Crippen LogP contribution in [0.1, 0.15) is 6.92 Å². The minimum absolute atomic E-state index is 0.535. The number of aliphatic hydroxyl groups excluding tert-OH is 4. The van der Waals surface area contributed by atoms with Crippen molar-refractivity contribution >= 4 is 47.2 Å². The number of rotatable bonds is 31. The maximum absolute atomic E-state index is 13.3. The van der Waals surface area contributed by atoms with Crippen LogP contribution in [0.3, 0.4) is 0 Å². The molecule has 0 radical (unpaired) electrons. The number of carbonyl (C=O) groups excluding carboxylic acids is 1. The lowest BCUT2D eigenvalue weighted by molar-refractivity contribution is -0.446. The molecule has 1 aliphatic heterocycles. The number of sulfone groups is 3. The average Bonchev–Trinajstić information content (AvgIpc) is 0.971. The summed E-state index contributed by atoms with van der Waals surface area (Å²) < 4.78 is 577. The third-order valence-corrected chi connectivity index (χ3v) is 14.5. The summed E-state index contributed by atoms with van der Waals surface area (Å²) in [5.41, 5.74) is 0. The monoisotopic (exact) mass is 1640 g/mol. The summed E-state index contributed by atoms with van der Waals surface area (Å²) >= 11 is -0.797. The number of aliphatic hydroxyl groups is 4. The van der Waals surface area contributed by atoms with Gasteiger partial charge in [0.2, 0.25) is 29.5 Å². The van der Waals surface area contributed by atoms with Gasteiger partial charge in [-0.05, 0) is 0 Å². The highest BCUT2D eigenvalue weighted by Crippen LogP contribution is 2.53. The number of epoxide rings is 1. The first kappa shape index (κ1) is 102. The van der Waals surface area contributed by atoms with E-state index in [0.29, 0.717) is 0 Å². The summed E-state index contributed by atoms with van der Waals surface area (Å²) in [5, 5.41) is 17.4. The second kappa shape index (κ2) is 36.5. The number of alkyl halides is 40. The molecular formula is C34H36F40O19S4. The van der Waals surface area contributed by atoms with Gasteiger partial charge in [-0.25, -0.2) is 47.6 Å². The molecule has 1 saturated heterocycles. The van der Waals surface area contributed by atoms with Crippen molar-refractivity contribution in [2.24, 2.45) is 0 Å². The molecule has 0 spiro atoms. The zero-order chi connectivity index (χ0) is 79.5. The van der Waals surface area contributed by atoms with Crippen molar-refractivity contribution in [3.8, 4) is 0 Å². The van der Waals surface area contributed by atoms with Crippen molar-refractivity contribution in [3.05, 3.63) is 0 Å². The molecule has 1 rings (SSSR count). The van der Waals surface area contributed by atoms with Gasteiger partial charge >= 0.3 is 99.8 Å². The SMILES string of the molecule is C1CO1.CC(=O)OO.O=S(=O)(CCO)C(F)(F)C(F)OC(F)(F)C(F)(F)C(F)(F)F.O=S(=O)(CCO)C(F)(F)C(F)OC(F)(F)C(F)(F)C(F)(F)F.O=S(=O)(CCOCCO)C(F)(F)C(F)OC(F)(F)C(F)(F)C(F)(F)F.OCCSC(F)(F)C(F)OC(F)(F)C(F)(F)C(F)(F)F. The molecule has 0 aromatic heterocycles. The van der Waals surface area contributed by atoms with E-state index in [1.54, 1.807) is 0 Å². The lowest BCUT2D eigenvalue weighted by Gasteiger charge is -2.30. The van der Waals surface area contributed by atoms with Crippen LogP contribution in [0.5, 0.6) is 0 Å². The lowest BCUT2D eigenvalue weighted by atomic mass is 10.3. The predicted octanol–water partition coefficient (Wildman–Crippen LogP) is 9.73. The van der Waals surface area contributed by atoms with E-state index < -0.39 is 229 Å². The van der Waals surface area contributed by atoms with E-state index in [9.17, 15) is 206 Å². The van der Waals surface area contributed by atoms with E-state index in [1.807, 2.05) is 9.47 Å². The Morgan fingerprint density at radius 1 is 0.392 bits per heavy atom. The van der Waals surface area contributed by atoms with Gasteiger partial charge in [0.1, 0.15) is 0 Å². The number of halogens is 40. The lowest BCUT2D eigenvalue weighted by Crippen LogP contribution is -2.56. The van der Waals surface area contributed by atoms with Crippen molar-refractivity contribution in [2.75, 3.05) is 75.9 Å². The molecule has 19 nitrogen and oxygen atoms in total. The molecule has 5 N–H and O–H groups in total. The number of hydrogen-bond acceptors (Lipinski definition) is 20. The molecule has 97 heavy (non-hydrogen) atoms. The number of hydrogen-bond donors (Lipinski definition) is 5. The average molecular weight is 1640 g/mol. The molecule has 63 heteroatoms. The Kier molecular flexibility index (Phi) is 38.4. The highest BCUT2D eigenvalue weighted by molar-refractivity contribution is 8.00. The fourth-order valence-corrected chi connectivity index (χ4v) is 6.57. The quantitative estimate of drug-likeness (QED) is 0.0142. The number of ether oxygens (including phenoxy) is 6. The van der Waals surface area contributed by atoms with Crippen LogP contribution in [0.2, 0.25) is 0 Å². The first-order chi connectivity index (χ1) is 42.3. The molecule has 1 fully saturated rings. The first-order valence-electron chi connectivity index (χ1n) is 22.1. The summed E-state index contributed by atoms with van der Waals surface area (Å²) in [7, 11) is -18.0. The standard InChI is InChI=1S/C9H10F10O5S.2C7H6F10O4S.C7H6F10O2S.C2H4O3.C2H4O/c10-5(24-9(18,19)7(13,14)8(15,16)17)6(11,12)25(21,22)4-3-23-2-1-20;2*8-3(4(9,10)22(19,20)2-1-18)21-7(16,17)5(11,12)6(13,14)15;8-3(4(9,10)20-2-1-18)19-7(16,17)5(11,12)6(13,14)15;1-2(3)5-4;1-2-3-1/h5,20H,1-4H2;2*3,18H,1-2H2;3,18H,1-2H2;4H,1H3;1-2H2. The molecule has 0 aliphatic carbocycles. The minimum atomic E-state index is -7.07. The van der Waals surface area contributed by atoms with Gasteiger partial charge in [0.05, 0.1) is 70.1 Å². The van der Waals surface area contributed by atoms with E-state index in [2.05, 4.69) is 23.8 Å². The van der Waals surface area contributed by atoms with Gasteiger partial charge < -0.3 is 34.8 Å². The molecule has 0 aromatic rings. The van der Waals surface area contributed by atoms with Crippen LogP contribution >= 0.6 is 11.8 Å². The zero-order valence-corrected chi connectivity index (χ0v) is 48.3. The molecule has 1 heterocycles. The van der Waals surface area contributed by atoms with E-state index in [0.717, 1.165) is 20.1 Å². The Balaban J connectivity index is -0.000000373. The second-order valence-corrected chi connectivity index (χ2v) is 23.6. The van der Waals surface area contributed by atoms with E-state index >= 15 is 0 Å². The van der Waals surface area contributed by atoms with Gasteiger partial charge in [-0.15, -0.1) is 0 Å². The van der Waals surface area contributed by atoms with Crippen molar-refractivity contribution in [3.63, 3.8) is 0 Å². The molecule has 4 atom stereocenters. The van der Waals surface area contributed by atoms with Crippen molar-refractivity contribution in [1.29, 1.82) is 0 Å². The van der Waals surface area contributed by atoms with Crippen LogP contribution in [0.15, 0.2) is 0 Å². The predicted molar refractivity (Wildman–Crippen MR) is 226 cm³/mol. The third-order valence-electron chi connectivity index (χ3n) is 8.36. The van der Waals surface area contributed by atoms with Gasteiger partial charge in [-0.3, -0.25) is 18.9 Å². The molecule has 0 aromatic carbocycles. The van der Waals surface area contributed by atoms with Gasteiger partial charge in [0, 0.05) is 12.7 Å². The maximum atomic E-state index is 13.3. The number of thioether (sulfide) groups is 1. The van der Waals surface area contributed by atoms with Gasteiger partial charge in [-0.2, -0.15) is 163 Å². The Labute approximate surface area is 513 Å². The largest absolute Gasteiger partial charge is 0.462 e. The Bertz CT molecular complexity index is 2580. The molecule has 0 saturated carbocycles. The Hall–Kier alpha value is -3.57. The van der Waals surface area contributed by atoms with Gasteiger partial charge in [0.25, 0.3) is 25.4 Å². The molecule has 1 aliphatic rings. The highest BCUT2D eigenvalue weighted by Gasteiger charge is 2.80. The van der Waals surface area contributed by atoms with Crippen LogP contribution in [-0.2, 0) is 67.6 Å². The molecular weight excluding hydrogens is 1600 g/mol. The second-order valence-electron chi connectivity index (χ2n) is 15.8. The first-order valence-corrected chi connectivity index (χ1v) is 28.0. The normalized spacial score (nSPS) is 16.2. The Morgan fingerprint density at radius 3 is 0.784 bits per heavy atom. The zero-order valence-electron chi connectivity index (χ0n) is 45.0. The van der Waals surface area contributed by atoms with Crippen LogP contribution in [0, 0.1) is 0 Å². The fraction of sp³-hybridized carbons (Fsp3) is 0.971. The van der Waals surface area contributed by atoms with Crippen LogP contribution < -0.4 is 0 Å². The summed E-state index contributed by atoms with van der Waals surface area (Å²) in [6.45, 7) is -3.17. The fourth-order valence-electron chi connectivity index (χ4n) is 3.40. The van der Waals surface area contributed by atoms with Gasteiger partial charge in [0.15, 0.2) is 0 Å². The molecule has 590 valence electrons. The van der Waals surface area contributed by atoms with Crippen LogP contribution in [0.4, 0.5) is 176 Å². The molecule has 4 unspecified atom stereocenters. The summed E-state index contributed by atoms with van der Waals surface area (Å²) in [5.74, 6) is -35.2. The van der Waals surface area contributed by atoms with Crippen LogP contribution in [-0.4, -0.2) is 252 Å². The molecule has 0 amide bonds. The Morgan fingerprint density at radius 2 is 0.608 bits per heavy atom. The summed E-state index contributed by atoms with van der Waals surface area (Å²) in [6.07, 6.45) is -74.4. The van der Waals surface area contributed by atoms with E-state index in [-0.39, 0.29) is 0 Å². The maximum Gasteiger partial charge on any atom is 0.462 e. The minimum Gasteiger partial charge on any atom is -0.396 e. The van der Waals surface area contributed by atoms with Crippen LogP contribution in [0.25, 0.3) is 0 Å². The van der Waals surface area contributed by atoms with Crippen molar-refractivity contribution < 1.29 is 265 Å². The van der Waals surface area contributed by atoms with E-state index in [1.165, 1.54) is 0 Å². The number of carbonyl (C=O) groups is 1. The van der Waals surface area contributed by atoms with Crippen molar-refractivity contribution in [2.45, 2.75) is 126 Å². The highest BCUT2D eigenvalue weighted by atomic mass is 32.2. The summed E-state index contributed by atoms with van der Waals surface area (Å²) in [4.78, 5) is 12.5. The summed E-state index contributed by atoms with van der Waals surface area (Å²) in [6, 6.07) is 0. The van der Waals surface area contributed by atoms with Crippen molar-refractivity contribution in [1.82, 2.24) is 0 Å².